The zero-order valence-corrected chi connectivity index (χ0v) is 7.56. The molecule has 0 aliphatic heterocycles. The minimum atomic E-state index is -2.45. The fourth-order valence-electron chi connectivity index (χ4n) is 0.811. The molecule has 0 amide bonds. The number of carboxylic acid groups (broad SMARTS) is 1. The van der Waals surface area contributed by atoms with Gasteiger partial charge in [-0.3, -0.25) is 0 Å². The summed E-state index contributed by atoms with van der Waals surface area (Å²) in [6.45, 7) is 0. The first-order valence-electron chi connectivity index (χ1n) is 3.74. The van der Waals surface area contributed by atoms with Gasteiger partial charge in [0.2, 0.25) is 34.8 Å². The summed E-state index contributed by atoms with van der Waals surface area (Å²) in [6.07, 6.45) is 0. The molecular formula is C8HF5O4. The Labute approximate surface area is 89.2 Å². The average Bonchev–Trinajstić information content (AvgIpc) is 2.29. The summed E-state index contributed by atoms with van der Waals surface area (Å²) in [5.74, 6) is -18.4. The van der Waals surface area contributed by atoms with Crippen LogP contribution in [0.3, 0.4) is 0 Å². The van der Waals surface area contributed by atoms with Crippen molar-refractivity contribution in [2.45, 2.75) is 0 Å². The predicted octanol–water partition coefficient (Wildman–Crippen LogP) is 1.37. The number of carboxylic acids is 1. The Balaban J connectivity index is 3.35. The van der Waals surface area contributed by atoms with E-state index in [4.69, 9.17) is 5.11 Å². The van der Waals surface area contributed by atoms with Gasteiger partial charge in [-0.05, 0) is 0 Å². The largest absolute Gasteiger partial charge is 0.473 e. The number of aliphatic carboxylic acids is 1. The van der Waals surface area contributed by atoms with Crippen LogP contribution in [0.15, 0.2) is 0 Å². The Bertz CT molecular complexity index is 484. The highest BCUT2D eigenvalue weighted by Crippen LogP contribution is 2.29. The summed E-state index contributed by atoms with van der Waals surface area (Å²) in [5, 5.41) is 8.04. The molecule has 0 unspecified atom stereocenters. The molecule has 1 N–H and O–H groups in total. The van der Waals surface area contributed by atoms with E-state index in [2.05, 4.69) is 4.74 Å². The van der Waals surface area contributed by atoms with E-state index in [1.54, 1.807) is 0 Å². The van der Waals surface area contributed by atoms with Gasteiger partial charge in [-0.25, -0.2) is 22.8 Å². The van der Waals surface area contributed by atoms with Crippen molar-refractivity contribution >= 4 is 11.9 Å². The number of halogens is 5. The Morgan fingerprint density at radius 1 is 0.824 bits per heavy atom. The van der Waals surface area contributed by atoms with Crippen molar-refractivity contribution in [3.8, 4) is 5.75 Å². The van der Waals surface area contributed by atoms with Crippen LogP contribution >= 0.6 is 0 Å². The van der Waals surface area contributed by atoms with Crippen LogP contribution in [-0.4, -0.2) is 17.0 Å². The molecule has 0 aromatic heterocycles. The smallest absolute Gasteiger partial charge is 0.422 e. The maximum Gasteiger partial charge on any atom is 0.422 e. The number of hydrogen-bond acceptors (Lipinski definition) is 3. The van der Waals surface area contributed by atoms with E-state index in [-0.39, 0.29) is 0 Å². The molecule has 0 saturated carbocycles. The molecule has 0 spiro atoms. The molecule has 1 aromatic rings. The van der Waals surface area contributed by atoms with Crippen LogP contribution in [0.1, 0.15) is 0 Å². The first kappa shape index (κ1) is 12.9. The van der Waals surface area contributed by atoms with Crippen molar-refractivity contribution < 1.29 is 41.4 Å². The molecule has 0 saturated heterocycles. The molecule has 9 heteroatoms. The van der Waals surface area contributed by atoms with Crippen LogP contribution in [0.5, 0.6) is 5.75 Å². The molecule has 0 aliphatic rings. The van der Waals surface area contributed by atoms with E-state index in [0.717, 1.165) is 0 Å². The van der Waals surface area contributed by atoms with Gasteiger partial charge in [0.25, 0.3) is 0 Å². The lowest BCUT2D eigenvalue weighted by Gasteiger charge is -2.06. The Hall–Kier alpha value is -2.19. The molecule has 0 radical (unpaired) electrons. The van der Waals surface area contributed by atoms with Crippen molar-refractivity contribution in [2.24, 2.45) is 0 Å². The second kappa shape index (κ2) is 4.36. The van der Waals surface area contributed by atoms with Crippen LogP contribution in [0.25, 0.3) is 0 Å². The van der Waals surface area contributed by atoms with Gasteiger partial charge in [0, 0.05) is 0 Å². The summed E-state index contributed by atoms with van der Waals surface area (Å²) >= 11 is 0. The summed E-state index contributed by atoms with van der Waals surface area (Å²) in [6, 6.07) is 0. The van der Waals surface area contributed by atoms with Gasteiger partial charge in [0.05, 0.1) is 0 Å². The maximum atomic E-state index is 12.8. The topological polar surface area (TPSA) is 63.6 Å². The van der Waals surface area contributed by atoms with E-state index in [1.807, 2.05) is 0 Å². The number of carbonyl (C=O) groups excluding carboxylic acids is 1. The lowest BCUT2D eigenvalue weighted by atomic mass is 10.2. The molecule has 0 aliphatic carbocycles. The Morgan fingerprint density at radius 2 is 1.18 bits per heavy atom. The summed E-state index contributed by atoms with van der Waals surface area (Å²) in [5.41, 5.74) is 0. The molecule has 92 valence electrons. The molecule has 0 atom stereocenters. The predicted molar refractivity (Wildman–Crippen MR) is 39.5 cm³/mol. The maximum absolute atomic E-state index is 12.8. The summed E-state index contributed by atoms with van der Waals surface area (Å²) in [4.78, 5) is 20.4. The van der Waals surface area contributed by atoms with Crippen LogP contribution in [0.2, 0.25) is 0 Å². The zero-order valence-electron chi connectivity index (χ0n) is 7.56. The van der Waals surface area contributed by atoms with Crippen LogP contribution in [0, 0.1) is 29.1 Å². The number of esters is 1. The number of rotatable bonds is 1. The minimum absolute atomic E-state index is 1.96. The third-order valence-electron chi connectivity index (χ3n) is 1.54. The molecule has 4 nitrogen and oxygen atoms in total. The van der Waals surface area contributed by atoms with Crippen LogP contribution < -0.4 is 4.74 Å². The standard InChI is InChI=1S/C8HF5O4/c9-1-2(10)4(12)6(5(13)3(1)11)17-8(16)7(14)15/h(H,14,15). The normalized spacial score (nSPS) is 10.2. The Morgan fingerprint density at radius 3 is 1.53 bits per heavy atom. The van der Waals surface area contributed by atoms with E-state index >= 15 is 0 Å². The highest BCUT2D eigenvalue weighted by Gasteiger charge is 2.29. The van der Waals surface area contributed by atoms with Gasteiger partial charge < -0.3 is 9.84 Å². The molecule has 17 heavy (non-hydrogen) atoms. The molecular weight excluding hydrogens is 255 g/mol. The lowest BCUT2D eigenvalue weighted by Crippen LogP contribution is -2.21. The van der Waals surface area contributed by atoms with Crippen molar-refractivity contribution in [2.75, 3.05) is 0 Å². The van der Waals surface area contributed by atoms with Gasteiger partial charge in [-0.1, -0.05) is 0 Å². The monoisotopic (exact) mass is 256 g/mol. The number of ether oxygens (including phenoxy) is 1. The SMILES string of the molecule is O=C(O)C(=O)Oc1c(F)c(F)c(F)c(F)c1F. The second-order valence-corrected chi connectivity index (χ2v) is 2.59. The second-order valence-electron chi connectivity index (χ2n) is 2.59. The molecule has 1 rings (SSSR count). The van der Waals surface area contributed by atoms with E-state index in [0.29, 0.717) is 0 Å². The van der Waals surface area contributed by atoms with Gasteiger partial charge in [-0.15, -0.1) is 0 Å². The third kappa shape index (κ3) is 2.17. The average molecular weight is 256 g/mol. The van der Waals surface area contributed by atoms with Crippen LogP contribution in [0.4, 0.5) is 22.0 Å². The van der Waals surface area contributed by atoms with Crippen LogP contribution in [-0.2, 0) is 9.59 Å². The fraction of sp³-hybridized carbons (Fsp3) is 0. The van der Waals surface area contributed by atoms with Crippen molar-refractivity contribution in [1.82, 2.24) is 0 Å². The van der Waals surface area contributed by atoms with Gasteiger partial charge in [-0.2, -0.15) is 8.78 Å². The van der Waals surface area contributed by atoms with Gasteiger partial charge in [0.15, 0.2) is 0 Å². The van der Waals surface area contributed by atoms with Crippen molar-refractivity contribution in [1.29, 1.82) is 0 Å². The van der Waals surface area contributed by atoms with Crippen molar-refractivity contribution in [3.05, 3.63) is 29.1 Å². The van der Waals surface area contributed by atoms with Gasteiger partial charge in [0.1, 0.15) is 0 Å². The summed E-state index contributed by atoms with van der Waals surface area (Å²) in [7, 11) is 0. The quantitative estimate of drug-likeness (QED) is 0.206. The van der Waals surface area contributed by atoms with E-state index < -0.39 is 46.8 Å². The van der Waals surface area contributed by atoms with E-state index in [1.165, 1.54) is 0 Å². The number of carbonyl (C=O) groups is 2. The molecule has 0 fully saturated rings. The zero-order chi connectivity index (χ0) is 13.3. The van der Waals surface area contributed by atoms with Crippen molar-refractivity contribution in [3.63, 3.8) is 0 Å². The fourth-order valence-corrected chi connectivity index (χ4v) is 0.811. The highest BCUT2D eigenvalue weighted by molar-refractivity contribution is 6.29. The number of hydrogen-bond donors (Lipinski definition) is 1. The van der Waals surface area contributed by atoms with Gasteiger partial charge >= 0.3 is 11.9 Å². The highest BCUT2D eigenvalue weighted by atomic mass is 19.2. The lowest BCUT2D eigenvalue weighted by molar-refractivity contribution is -0.158. The minimum Gasteiger partial charge on any atom is -0.473 e. The first-order chi connectivity index (χ1) is 7.77. The Kier molecular flexibility index (Phi) is 3.30. The number of benzene rings is 1. The first-order valence-corrected chi connectivity index (χ1v) is 3.74. The van der Waals surface area contributed by atoms with E-state index in [9.17, 15) is 31.5 Å². The molecule has 1 aromatic carbocycles. The molecule has 0 heterocycles. The third-order valence-corrected chi connectivity index (χ3v) is 1.54. The molecule has 0 bridgehead atoms. The summed E-state index contributed by atoms with van der Waals surface area (Å²) < 4.78 is 66.8.